The van der Waals surface area contributed by atoms with Gasteiger partial charge >= 0.3 is 5.91 Å². The first kappa shape index (κ1) is 16.8. The molecule has 1 atom stereocenters. The summed E-state index contributed by atoms with van der Waals surface area (Å²) in [5, 5.41) is 0. The Kier molecular flexibility index (Phi) is 4.45. The van der Waals surface area contributed by atoms with Crippen LogP contribution in [0.25, 0.3) is 0 Å². The molecule has 4 rings (SSSR count). The van der Waals surface area contributed by atoms with Gasteiger partial charge in [0.05, 0.1) is 5.92 Å². The fourth-order valence-electron chi connectivity index (χ4n) is 3.39. The van der Waals surface area contributed by atoms with Gasteiger partial charge in [-0.15, -0.1) is 0 Å². The van der Waals surface area contributed by atoms with Crippen LogP contribution in [0.4, 0.5) is 5.69 Å². The highest BCUT2D eigenvalue weighted by Crippen LogP contribution is 2.39. The van der Waals surface area contributed by atoms with E-state index in [9.17, 15) is 4.79 Å². The van der Waals surface area contributed by atoms with Crippen LogP contribution in [0.15, 0.2) is 78.5 Å². The Bertz CT molecular complexity index is 851. The van der Waals surface area contributed by atoms with Crippen molar-refractivity contribution in [2.24, 2.45) is 11.7 Å². The van der Waals surface area contributed by atoms with Gasteiger partial charge in [0.25, 0.3) is 0 Å². The molecule has 4 nitrogen and oxygen atoms in total. The molecule has 2 aliphatic rings. The molecule has 0 spiro atoms. The standard InChI is InChI=1S/C22H23N2O2/c23-15-17-5-4-14-24(16-17,22(25)18-8-9-18)19-10-12-21(13-11-19)26-20-6-2-1-3-7-20/h1-7,10-13,16,18H,8-9,14-15,23H2/q+1. The average Bonchev–Trinajstić information content (AvgIpc) is 3.54. The van der Waals surface area contributed by atoms with Crippen LogP contribution in [0.1, 0.15) is 12.8 Å². The lowest BCUT2D eigenvalue weighted by Crippen LogP contribution is -2.52. The quantitative estimate of drug-likeness (QED) is 0.827. The molecule has 1 unspecified atom stereocenters. The molecule has 4 heteroatoms. The highest BCUT2D eigenvalue weighted by atomic mass is 16.5. The maximum Gasteiger partial charge on any atom is 0.326 e. The van der Waals surface area contributed by atoms with E-state index in [0.29, 0.717) is 13.1 Å². The number of nitrogens with two attached hydrogens (primary N) is 1. The summed E-state index contributed by atoms with van der Waals surface area (Å²) in [4.78, 5) is 13.1. The Morgan fingerprint density at radius 1 is 1.04 bits per heavy atom. The lowest BCUT2D eigenvalue weighted by Gasteiger charge is -2.33. The second-order valence-electron chi connectivity index (χ2n) is 6.88. The summed E-state index contributed by atoms with van der Waals surface area (Å²) in [5.41, 5.74) is 7.79. The Morgan fingerprint density at radius 3 is 2.38 bits per heavy atom. The summed E-state index contributed by atoms with van der Waals surface area (Å²) in [5.74, 6) is 1.98. The normalized spacial score (nSPS) is 22.0. The summed E-state index contributed by atoms with van der Waals surface area (Å²) < 4.78 is 6.10. The Balaban J connectivity index is 1.65. The van der Waals surface area contributed by atoms with Gasteiger partial charge in [0, 0.05) is 24.3 Å². The van der Waals surface area contributed by atoms with E-state index >= 15 is 0 Å². The van der Waals surface area contributed by atoms with Crippen LogP contribution in [0.3, 0.4) is 0 Å². The lowest BCUT2D eigenvalue weighted by molar-refractivity contribution is -0.129. The number of hydrogen-bond acceptors (Lipinski definition) is 3. The highest BCUT2D eigenvalue weighted by molar-refractivity contribution is 5.94. The molecule has 2 N–H and O–H groups in total. The van der Waals surface area contributed by atoms with E-state index in [4.69, 9.17) is 10.5 Å². The van der Waals surface area contributed by atoms with Crippen molar-refractivity contribution in [3.8, 4) is 11.5 Å². The van der Waals surface area contributed by atoms with Crippen LogP contribution in [0, 0.1) is 5.92 Å². The number of carbonyl (C=O) groups excluding carboxylic acids is 1. The smallest absolute Gasteiger partial charge is 0.326 e. The van der Waals surface area contributed by atoms with Crippen LogP contribution < -0.4 is 15.0 Å². The fraction of sp³-hybridized carbons (Fsp3) is 0.227. The number of quaternary nitrogens is 1. The Hall–Kier alpha value is -2.69. The minimum Gasteiger partial charge on any atom is -0.457 e. The molecule has 2 aromatic carbocycles. The summed E-state index contributed by atoms with van der Waals surface area (Å²) in [6.07, 6.45) is 8.07. The van der Waals surface area contributed by atoms with Crippen molar-refractivity contribution < 1.29 is 9.53 Å². The number of ether oxygens (including phenoxy) is 1. The van der Waals surface area contributed by atoms with E-state index in [1.54, 1.807) is 0 Å². The molecular weight excluding hydrogens is 324 g/mol. The van der Waals surface area contributed by atoms with Gasteiger partial charge in [-0.25, -0.2) is 4.79 Å². The lowest BCUT2D eigenvalue weighted by atomic mass is 10.1. The van der Waals surface area contributed by atoms with Gasteiger partial charge in [0.2, 0.25) is 0 Å². The molecule has 1 amide bonds. The second-order valence-corrected chi connectivity index (χ2v) is 6.88. The first-order valence-electron chi connectivity index (χ1n) is 9.05. The van der Waals surface area contributed by atoms with Gasteiger partial charge in [-0.2, -0.15) is 4.48 Å². The van der Waals surface area contributed by atoms with Crippen molar-refractivity contribution in [2.75, 3.05) is 13.1 Å². The summed E-state index contributed by atoms with van der Waals surface area (Å²) in [6.45, 7) is 1.07. The van der Waals surface area contributed by atoms with Crippen LogP contribution >= 0.6 is 0 Å². The topological polar surface area (TPSA) is 52.3 Å². The summed E-state index contributed by atoms with van der Waals surface area (Å²) in [7, 11) is 0. The van der Waals surface area contributed by atoms with Crippen molar-refractivity contribution in [1.82, 2.24) is 4.48 Å². The number of carbonyl (C=O) groups is 1. The number of para-hydroxylation sites is 1. The number of benzene rings is 2. The maximum absolute atomic E-state index is 13.1. The zero-order chi connectivity index (χ0) is 18.0. The molecular formula is C22H23N2O2+. The Labute approximate surface area is 153 Å². The monoisotopic (exact) mass is 347 g/mol. The highest BCUT2D eigenvalue weighted by Gasteiger charge is 2.47. The first-order chi connectivity index (χ1) is 12.7. The molecule has 1 aliphatic carbocycles. The molecule has 0 radical (unpaired) electrons. The third-order valence-corrected chi connectivity index (χ3v) is 4.94. The molecule has 2 aromatic rings. The van der Waals surface area contributed by atoms with Crippen molar-refractivity contribution in [3.63, 3.8) is 0 Å². The molecule has 26 heavy (non-hydrogen) atoms. The minimum atomic E-state index is 0.164. The number of hydrogen-bond donors (Lipinski definition) is 1. The van der Waals surface area contributed by atoms with E-state index in [1.165, 1.54) is 0 Å². The third kappa shape index (κ3) is 3.21. The van der Waals surface area contributed by atoms with Crippen molar-refractivity contribution >= 4 is 11.6 Å². The fourth-order valence-corrected chi connectivity index (χ4v) is 3.39. The van der Waals surface area contributed by atoms with E-state index in [2.05, 4.69) is 6.08 Å². The Morgan fingerprint density at radius 2 is 1.73 bits per heavy atom. The largest absolute Gasteiger partial charge is 0.457 e. The maximum atomic E-state index is 13.1. The molecule has 1 fully saturated rings. The molecule has 132 valence electrons. The minimum absolute atomic E-state index is 0.164. The number of rotatable bonds is 5. The predicted octanol–water partition coefficient (Wildman–Crippen LogP) is 4.14. The van der Waals surface area contributed by atoms with Gasteiger partial charge in [-0.05, 0) is 43.2 Å². The molecule has 1 saturated carbocycles. The average molecular weight is 347 g/mol. The number of amides is 1. The zero-order valence-corrected chi connectivity index (χ0v) is 14.7. The van der Waals surface area contributed by atoms with Crippen LogP contribution in [-0.2, 0) is 4.79 Å². The van der Waals surface area contributed by atoms with Crippen LogP contribution in [-0.4, -0.2) is 19.0 Å². The van der Waals surface area contributed by atoms with Gasteiger partial charge in [-0.1, -0.05) is 24.3 Å². The SMILES string of the molecule is NCC1=C[N+](C(=O)C2CC2)(c2ccc(Oc3ccccc3)cc2)CC=C1. The van der Waals surface area contributed by atoms with Gasteiger partial charge < -0.3 is 10.5 Å². The van der Waals surface area contributed by atoms with E-state index in [0.717, 1.165) is 35.6 Å². The molecule has 1 heterocycles. The zero-order valence-electron chi connectivity index (χ0n) is 14.7. The molecule has 0 saturated heterocycles. The summed E-state index contributed by atoms with van der Waals surface area (Å²) in [6, 6.07) is 17.5. The predicted molar refractivity (Wildman–Crippen MR) is 104 cm³/mol. The van der Waals surface area contributed by atoms with Crippen LogP contribution in [0.2, 0.25) is 0 Å². The van der Waals surface area contributed by atoms with Crippen molar-refractivity contribution in [3.05, 3.63) is 78.5 Å². The summed E-state index contributed by atoms with van der Waals surface area (Å²) >= 11 is 0. The van der Waals surface area contributed by atoms with Crippen molar-refractivity contribution in [2.45, 2.75) is 12.8 Å². The van der Waals surface area contributed by atoms with Gasteiger partial charge in [0.15, 0.2) is 0 Å². The molecule has 0 bridgehead atoms. The van der Waals surface area contributed by atoms with Gasteiger partial charge in [0.1, 0.15) is 29.9 Å². The second kappa shape index (κ2) is 6.90. The van der Waals surface area contributed by atoms with Crippen molar-refractivity contribution in [1.29, 1.82) is 0 Å². The molecule has 0 aromatic heterocycles. The molecule has 1 aliphatic heterocycles. The van der Waals surface area contributed by atoms with Crippen LogP contribution in [0.5, 0.6) is 11.5 Å². The first-order valence-corrected chi connectivity index (χ1v) is 9.05. The van der Waals surface area contributed by atoms with E-state index in [-0.39, 0.29) is 16.3 Å². The third-order valence-electron chi connectivity index (χ3n) is 4.94. The van der Waals surface area contributed by atoms with E-state index in [1.807, 2.05) is 66.9 Å². The number of nitrogens with zero attached hydrogens (tertiary/aromatic N) is 1. The van der Waals surface area contributed by atoms with E-state index < -0.39 is 0 Å². The van der Waals surface area contributed by atoms with Gasteiger partial charge in [-0.3, -0.25) is 0 Å².